The third-order valence-corrected chi connectivity index (χ3v) is 7.94. The van der Waals surface area contributed by atoms with Crippen LogP contribution in [0.15, 0.2) is 65.0 Å². The van der Waals surface area contributed by atoms with Gasteiger partial charge in [0.25, 0.3) is 0 Å². The van der Waals surface area contributed by atoms with E-state index in [4.69, 9.17) is 0 Å². The van der Waals surface area contributed by atoms with Crippen molar-refractivity contribution in [2.24, 2.45) is 10.4 Å². The largest absolute Gasteiger partial charge is 0.507 e. The van der Waals surface area contributed by atoms with Gasteiger partial charge in [0.1, 0.15) is 18.0 Å². The first-order valence-electron chi connectivity index (χ1n) is 13.7. The summed E-state index contributed by atoms with van der Waals surface area (Å²) < 4.78 is 0. The lowest BCUT2D eigenvalue weighted by atomic mass is 9.90. The van der Waals surface area contributed by atoms with Gasteiger partial charge in [-0.05, 0) is 124 Å². The Labute approximate surface area is 240 Å². The number of aryl methyl sites for hydroxylation is 4. The van der Waals surface area contributed by atoms with E-state index >= 15 is 0 Å². The fourth-order valence-electron chi connectivity index (χ4n) is 5.54. The molecule has 0 saturated heterocycles. The summed E-state index contributed by atoms with van der Waals surface area (Å²) in [4.78, 5) is 23.1. The van der Waals surface area contributed by atoms with Gasteiger partial charge in [-0.25, -0.2) is 0 Å². The second-order valence-electron chi connectivity index (χ2n) is 10.8. The van der Waals surface area contributed by atoms with Crippen molar-refractivity contribution in [3.8, 4) is 5.75 Å². The molecule has 212 valence electrons. The molecule has 0 amide bonds. The Kier molecular flexibility index (Phi) is 9.42. The molecule has 0 aliphatic rings. The average Bonchev–Trinajstić information content (AvgIpc) is 2.95. The first-order chi connectivity index (χ1) is 19.7. The van der Waals surface area contributed by atoms with Crippen LogP contribution in [0.5, 0.6) is 5.75 Å². The third-order valence-electron chi connectivity index (χ3n) is 7.94. The normalized spacial score (nSPS) is 11.1. The van der Waals surface area contributed by atoms with Crippen molar-refractivity contribution in [1.29, 1.82) is 0 Å². The van der Waals surface area contributed by atoms with E-state index in [2.05, 4.69) is 10.4 Å². The number of nitroso groups, excluding NO2 is 2. The molecule has 0 unspecified atom stereocenters. The van der Waals surface area contributed by atoms with Gasteiger partial charge in [0.2, 0.25) is 0 Å². The highest BCUT2D eigenvalue weighted by molar-refractivity contribution is 5.58. The number of aromatic hydroxyl groups is 1. The first kappa shape index (κ1) is 29.8. The minimum absolute atomic E-state index is 0.0574. The molecule has 0 spiro atoms. The molecule has 0 fully saturated rings. The smallest absolute Gasteiger partial charge is 0.122 e. The van der Waals surface area contributed by atoms with Crippen LogP contribution in [0.3, 0.4) is 0 Å². The molecule has 4 aromatic carbocycles. The topological polar surface area (TPSA) is 120 Å². The third kappa shape index (κ3) is 6.59. The molecule has 0 bridgehead atoms. The van der Waals surface area contributed by atoms with Gasteiger partial charge >= 0.3 is 0 Å². The molecule has 0 aromatic heterocycles. The SMILES string of the molecule is Cc1cc(C)c(Cc2cccc(Cc3cc(CO)cc(Cc4cc(CN=O)c(C)cc4C)c3O)c2N=O)cc1CO. The highest BCUT2D eigenvalue weighted by Crippen LogP contribution is 2.35. The second-order valence-corrected chi connectivity index (χ2v) is 10.8. The van der Waals surface area contributed by atoms with Gasteiger partial charge in [0.15, 0.2) is 0 Å². The lowest BCUT2D eigenvalue weighted by molar-refractivity contribution is 0.281. The molecule has 0 aliphatic heterocycles. The summed E-state index contributed by atoms with van der Waals surface area (Å²) in [6, 6.07) is 17.1. The molecular weight excluding hydrogens is 516 g/mol. The maximum Gasteiger partial charge on any atom is 0.122 e. The van der Waals surface area contributed by atoms with E-state index in [0.29, 0.717) is 40.8 Å². The molecule has 0 atom stereocenters. The van der Waals surface area contributed by atoms with Crippen LogP contribution in [0.1, 0.15) is 72.3 Å². The fraction of sp³-hybridized carbons (Fsp3) is 0.294. The lowest BCUT2D eigenvalue weighted by Crippen LogP contribution is -2.02. The molecule has 0 radical (unpaired) electrons. The second kappa shape index (κ2) is 13.0. The van der Waals surface area contributed by atoms with Crippen molar-refractivity contribution in [3.63, 3.8) is 0 Å². The highest BCUT2D eigenvalue weighted by Gasteiger charge is 2.17. The van der Waals surface area contributed by atoms with E-state index in [1.165, 1.54) is 0 Å². The van der Waals surface area contributed by atoms with Crippen molar-refractivity contribution in [2.75, 3.05) is 0 Å². The summed E-state index contributed by atoms with van der Waals surface area (Å²) in [5.74, 6) is 0.0986. The Morgan fingerprint density at radius 1 is 0.585 bits per heavy atom. The van der Waals surface area contributed by atoms with Gasteiger partial charge in [0.05, 0.1) is 13.2 Å². The monoisotopic (exact) mass is 552 g/mol. The van der Waals surface area contributed by atoms with Crippen LogP contribution in [-0.2, 0) is 39.0 Å². The Bertz CT molecular complexity index is 1610. The number of phenols is 1. The molecule has 4 aromatic rings. The summed E-state index contributed by atoms with van der Waals surface area (Å²) in [7, 11) is 0. The van der Waals surface area contributed by atoms with Crippen LogP contribution in [0.2, 0.25) is 0 Å². The molecule has 7 nitrogen and oxygen atoms in total. The van der Waals surface area contributed by atoms with Crippen LogP contribution in [0.25, 0.3) is 0 Å². The number of hydrogen-bond acceptors (Lipinski definition) is 7. The van der Waals surface area contributed by atoms with Crippen molar-refractivity contribution in [3.05, 3.63) is 137 Å². The van der Waals surface area contributed by atoms with E-state index < -0.39 is 0 Å². The van der Waals surface area contributed by atoms with Gasteiger partial charge in [-0.15, -0.1) is 4.91 Å². The maximum absolute atomic E-state index is 12.1. The Balaban J connectivity index is 1.71. The summed E-state index contributed by atoms with van der Waals surface area (Å²) in [6.45, 7) is 7.72. The standard InChI is InChI=1S/C34H36N2O5/c1-20-8-22(3)31(17-35-40)15-28(20)14-30-11-24(18-37)10-29(34(30)39)13-26-7-5-6-25(33(26)36-41)12-27-16-32(19-38)23(4)9-21(27)2/h5-11,15-16,37-39H,12-14,17-19H2,1-4H3. The van der Waals surface area contributed by atoms with Gasteiger partial charge in [-0.2, -0.15) is 4.91 Å². The molecule has 0 heterocycles. The van der Waals surface area contributed by atoms with E-state index in [1.54, 1.807) is 12.1 Å². The zero-order chi connectivity index (χ0) is 29.7. The minimum atomic E-state index is -0.202. The van der Waals surface area contributed by atoms with Crippen LogP contribution >= 0.6 is 0 Å². The number of nitrogens with zero attached hydrogens (tertiary/aromatic N) is 2. The van der Waals surface area contributed by atoms with E-state index in [9.17, 15) is 25.1 Å². The van der Waals surface area contributed by atoms with Crippen LogP contribution in [0.4, 0.5) is 5.69 Å². The zero-order valence-electron chi connectivity index (χ0n) is 24.0. The molecule has 4 rings (SSSR count). The lowest BCUT2D eigenvalue weighted by Gasteiger charge is -2.17. The summed E-state index contributed by atoms with van der Waals surface area (Å²) in [5, 5.41) is 37.5. The zero-order valence-corrected chi connectivity index (χ0v) is 24.0. The van der Waals surface area contributed by atoms with Crippen LogP contribution in [0, 0.1) is 37.5 Å². The first-order valence-corrected chi connectivity index (χ1v) is 13.7. The highest BCUT2D eigenvalue weighted by atomic mass is 16.3. The number of benzene rings is 4. The van der Waals surface area contributed by atoms with Crippen molar-refractivity contribution < 1.29 is 15.3 Å². The van der Waals surface area contributed by atoms with Gasteiger partial charge in [0, 0.05) is 12.8 Å². The number of rotatable bonds is 11. The fourth-order valence-corrected chi connectivity index (χ4v) is 5.54. The van der Waals surface area contributed by atoms with Gasteiger partial charge in [-0.1, -0.05) is 47.6 Å². The molecular formula is C34H36N2O5. The number of hydrogen-bond donors (Lipinski definition) is 3. The number of aliphatic hydroxyl groups excluding tert-OH is 2. The van der Waals surface area contributed by atoms with Crippen LogP contribution in [-0.4, -0.2) is 15.3 Å². The predicted molar refractivity (Wildman–Crippen MR) is 162 cm³/mol. The molecule has 41 heavy (non-hydrogen) atoms. The molecule has 0 aliphatic carbocycles. The molecule has 3 N–H and O–H groups in total. The molecule has 7 heteroatoms. The maximum atomic E-state index is 12.1. The summed E-state index contributed by atoms with van der Waals surface area (Å²) >= 11 is 0. The predicted octanol–water partition coefficient (Wildman–Crippen LogP) is 7.05. The molecule has 0 saturated carbocycles. The Hall–Kier alpha value is -4.20. The van der Waals surface area contributed by atoms with Gasteiger partial charge in [-0.3, -0.25) is 0 Å². The summed E-state index contributed by atoms with van der Waals surface area (Å²) in [5.41, 5.74) is 11.4. The Morgan fingerprint density at radius 3 is 1.59 bits per heavy atom. The van der Waals surface area contributed by atoms with Crippen molar-refractivity contribution >= 4 is 5.69 Å². The van der Waals surface area contributed by atoms with Crippen molar-refractivity contribution in [1.82, 2.24) is 0 Å². The quantitative estimate of drug-likeness (QED) is 0.172. The van der Waals surface area contributed by atoms with E-state index in [-0.39, 0.29) is 31.9 Å². The van der Waals surface area contributed by atoms with E-state index in [1.807, 2.05) is 70.2 Å². The Morgan fingerprint density at radius 2 is 1.07 bits per heavy atom. The van der Waals surface area contributed by atoms with Crippen molar-refractivity contribution in [2.45, 2.75) is 66.7 Å². The summed E-state index contributed by atoms with van der Waals surface area (Å²) in [6.07, 6.45) is 1.14. The average molecular weight is 553 g/mol. The number of aliphatic hydroxyl groups is 2. The van der Waals surface area contributed by atoms with Gasteiger partial charge < -0.3 is 15.3 Å². The van der Waals surface area contributed by atoms with E-state index in [0.717, 1.165) is 50.1 Å². The van der Waals surface area contributed by atoms with Crippen LogP contribution < -0.4 is 0 Å². The minimum Gasteiger partial charge on any atom is -0.507 e. The number of phenolic OH excluding ortho intramolecular Hbond substituents is 1.